The summed E-state index contributed by atoms with van der Waals surface area (Å²) in [4.78, 5) is 5.48. The Balaban J connectivity index is 1.85. The van der Waals surface area contributed by atoms with Gasteiger partial charge in [-0.3, -0.25) is 4.90 Å². The van der Waals surface area contributed by atoms with Crippen molar-refractivity contribution in [1.82, 2.24) is 4.90 Å². The monoisotopic (exact) mass is 278 g/mol. The summed E-state index contributed by atoms with van der Waals surface area (Å²) in [6.45, 7) is 4.29. The average molecular weight is 278 g/mol. The first kappa shape index (κ1) is 12.4. The fourth-order valence-electron chi connectivity index (χ4n) is 2.74. The van der Waals surface area contributed by atoms with E-state index in [4.69, 9.17) is 5.73 Å². The number of hydrogen-bond acceptors (Lipinski definition) is 4. The van der Waals surface area contributed by atoms with Gasteiger partial charge < -0.3 is 5.73 Å². The predicted molar refractivity (Wildman–Crippen MR) is 79.1 cm³/mol. The summed E-state index contributed by atoms with van der Waals surface area (Å²) in [5.74, 6) is 0. The third-order valence-electron chi connectivity index (χ3n) is 3.56. The molecular weight excluding hydrogens is 260 g/mol. The molecular formula is C14H18N2S2. The van der Waals surface area contributed by atoms with Gasteiger partial charge in [-0.15, -0.1) is 22.7 Å². The summed E-state index contributed by atoms with van der Waals surface area (Å²) >= 11 is 3.71. The van der Waals surface area contributed by atoms with Crippen LogP contribution in [0.3, 0.4) is 0 Å². The Labute approximate surface area is 116 Å². The van der Waals surface area contributed by atoms with Gasteiger partial charge in [-0.25, -0.2) is 0 Å². The van der Waals surface area contributed by atoms with Crippen LogP contribution in [-0.2, 0) is 13.0 Å². The molecule has 2 aromatic rings. The Bertz CT molecular complexity index is 502. The summed E-state index contributed by atoms with van der Waals surface area (Å²) in [5, 5.41) is 4.35. The molecule has 0 radical (unpaired) electrons. The van der Waals surface area contributed by atoms with Crippen LogP contribution in [0, 0.1) is 0 Å². The third-order valence-corrected chi connectivity index (χ3v) is 5.53. The highest BCUT2D eigenvalue weighted by atomic mass is 32.1. The van der Waals surface area contributed by atoms with Gasteiger partial charge in [-0.05, 0) is 41.8 Å². The molecule has 1 aliphatic rings. The van der Waals surface area contributed by atoms with E-state index in [1.54, 1.807) is 4.88 Å². The molecule has 1 aliphatic heterocycles. The quantitative estimate of drug-likeness (QED) is 0.934. The third kappa shape index (κ3) is 2.26. The fourth-order valence-corrected chi connectivity index (χ4v) is 4.60. The van der Waals surface area contributed by atoms with Gasteiger partial charge in [0.25, 0.3) is 0 Å². The SMILES string of the molecule is CC(N)C(c1cccs1)N1CCc2sccc2C1. The zero-order chi connectivity index (χ0) is 12.5. The smallest absolute Gasteiger partial charge is 0.0593 e. The van der Waals surface area contributed by atoms with Crippen LogP contribution >= 0.6 is 22.7 Å². The highest BCUT2D eigenvalue weighted by Gasteiger charge is 2.28. The topological polar surface area (TPSA) is 29.3 Å². The van der Waals surface area contributed by atoms with E-state index in [9.17, 15) is 0 Å². The van der Waals surface area contributed by atoms with Gasteiger partial charge in [0.05, 0.1) is 6.04 Å². The molecule has 0 amide bonds. The molecule has 2 unspecified atom stereocenters. The van der Waals surface area contributed by atoms with Crippen LogP contribution in [-0.4, -0.2) is 17.5 Å². The predicted octanol–water partition coefficient (Wildman–Crippen LogP) is 3.26. The molecule has 96 valence electrons. The number of nitrogens with two attached hydrogens (primary N) is 1. The standard InChI is InChI=1S/C14H18N2S2/c1-10(15)14(13-3-2-7-17-13)16-6-4-12-11(9-16)5-8-18-12/h2-3,5,7-8,10,14H,4,6,9,15H2,1H3. The van der Waals surface area contributed by atoms with E-state index in [-0.39, 0.29) is 6.04 Å². The molecule has 0 aromatic carbocycles. The van der Waals surface area contributed by atoms with Crippen molar-refractivity contribution in [2.45, 2.75) is 32.0 Å². The van der Waals surface area contributed by atoms with Crippen molar-refractivity contribution < 1.29 is 0 Å². The average Bonchev–Trinajstić information content (AvgIpc) is 2.98. The minimum Gasteiger partial charge on any atom is -0.326 e. The second kappa shape index (κ2) is 5.13. The molecule has 0 fully saturated rings. The van der Waals surface area contributed by atoms with Crippen LogP contribution in [0.5, 0.6) is 0 Å². The van der Waals surface area contributed by atoms with Gasteiger partial charge in [0.1, 0.15) is 0 Å². The molecule has 0 bridgehead atoms. The van der Waals surface area contributed by atoms with Crippen molar-refractivity contribution in [3.8, 4) is 0 Å². The maximum Gasteiger partial charge on any atom is 0.0593 e. The zero-order valence-electron chi connectivity index (χ0n) is 10.5. The van der Waals surface area contributed by atoms with Crippen LogP contribution < -0.4 is 5.73 Å². The summed E-state index contributed by atoms with van der Waals surface area (Å²) in [5.41, 5.74) is 7.72. The molecule has 0 saturated heterocycles. The number of rotatable bonds is 3. The first-order valence-electron chi connectivity index (χ1n) is 6.34. The number of fused-ring (bicyclic) bond motifs is 1. The number of hydrogen-bond donors (Lipinski definition) is 1. The zero-order valence-corrected chi connectivity index (χ0v) is 12.1. The van der Waals surface area contributed by atoms with Gasteiger partial charge >= 0.3 is 0 Å². The second-order valence-corrected chi connectivity index (χ2v) is 6.89. The van der Waals surface area contributed by atoms with Crippen LogP contribution in [0.15, 0.2) is 29.0 Å². The lowest BCUT2D eigenvalue weighted by Gasteiger charge is -2.36. The van der Waals surface area contributed by atoms with Crippen LogP contribution in [0.1, 0.15) is 28.3 Å². The number of thiophene rings is 2. The summed E-state index contributed by atoms with van der Waals surface area (Å²) in [6, 6.07) is 7.12. The molecule has 3 rings (SSSR count). The van der Waals surface area contributed by atoms with Crippen molar-refractivity contribution in [3.63, 3.8) is 0 Å². The van der Waals surface area contributed by atoms with E-state index in [2.05, 4.69) is 40.8 Å². The summed E-state index contributed by atoms with van der Waals surface area (Å²) in [6.07, 6.45) is 1.17. The Hall–Kier alpha value is -0.680. The molecule has 2 nitrogen and oxygen atoms in total. The van der Waals surface area contributed by atoms with Gasteiger partial charge in [0.2, 0.25) is 0 Å². The molecule has 18 heavy (non-hydrogen) atoms. The Morgan fingerprint density at radius 1 is 1.28 bits per heavy atom. The Kier molecular flexibility index (Phi) is 3.52. The van der Waals surface area contributed by atoms with Gasteiger partial charge in [0, 0.05) is 28.9 Å². The van der Waals surface area contributed by atoms with Gasteiger partial charge in [-0.1, -0.05) is 6.07 Å². The molecule has 2 atom stereocenters. The molecule has 2 aromatic heterocycles. The first-order valence-corrected chi connectivity index (χ1v) is 8.10. The maximum absolute atomic E-state index is 6.22. The Morgan fingerprint density at radius 3 is 2.89 bits per heavy atom. The van der Waals surface area contributed by atoms with Crippen molar-refractivity contribution in [2.24, 2.45) is 5.73 Å². The molecule has 3 heterocycles. The highest BCUT2D eigenvalue weighted by molar-refractivity contribution is 7.10. The van der Waals surface area contributed by atoms with Gasteiger partial charge in [-0.2, -0.15) is 0 Å². The summed E-state index contributed by atoms with van der Waals surface area (Å²) in [7, 11) is 0. The molecule has 2 N–H and O–H groups in total. The van der Waals surface area contributed by atoms with Gasteiger partial charge in [0.15, 0.2) is 0 Å². The van der Waals surface area contributed by atoms with E-state index in [0.29, 0.717) is 6.04 Å². The molecule has 4 heteroatoms. The van der Waals surface area contributed by atoms with Crippen LogP contribution in [0.4, 0.5) is 0 Å². The molecule has 0 aliphatic carbocycles. The van der Waals surface area contributed by atoms with Crippen molar-refractivity contribution in [2.75, 3.05) is 6.54 Å². The second-order valence-electron chi connectivity index (χ2n) is 4.91. The minimum atomic E-state index is 0.170. The lowest BCUT2D eigenvalue weighted by Crippen LogP contribution is -2.41. The fraction of sp³-hybridized carbons (Fsp3) is 0.429. The lowest BCUT2D eigenvalue weighted by atomic mass is 10.0. The van der Waals surface area contributed by atoms with Crippen LogP contribution in [0.25, 0.3) is 0 Å². The molecule has 0 spiro atoms. The van der Waals surface area contributed by atoms with E-state index < -0.39 is 0 Å². The van der Waals surface area contributed by atoms with E-state index in [0.717, 1.165) is 13.1 Å². The number of nitrogens with zero attached hydrogens (tertiary/aromatic N) is 1. The summed E-state index contributed by atoms with van der Waals surface area (Å²) < 4.78 is 0. The normalized spacial score (nSPS) is 19.4. The van der Waals surface area contributed by atoms with Crippen molar-refractivity contribution in [1.29, 1.82) is 0 Å². The van der Waals surface area contributed by atoms with Crippen molar-refractivity contribution in [3.05, 3.63) is 44.3 Å². The van der Waals surface area contributed by atoms with E-state index >= 15 is 0 Å². The minimum absolute atomic E-state index is 0.170. The Morgan fingerprint density at radius 2 is 2.17 bits per heavy atom. The highest BCUT2D eigenvalue weighted by Crippen LogP contribution is 2.33. The van der Waals surface area contributed by atoms with Crippen molar-refractivity contribution >= 4 is 22.7 Å². The maximum atomic E-state index is 6.22. The largest absolute Gasteiger partial charge is 0.326 e. The first-order chi connectivity index (χ1) is 8.75. The lowest BCUT2D eigenvalue weighted by molar-refractivity contribution is 0.163. The molecule has 0 saturated carbocycles. The van der Waals surface area contributed by atoms with Crippen LogP contribution in [0.2, 0.25) is 0 Å². The van der Waals surface area contributed by atoms with E-state index in [1.165, 1.54) is 16.9 Å². The van der Waals surface area contributed by atoms with E-state index in [1.807, 2.05) is 22.7 Å².